The van der Waals surface area contributed by atoms with Crippen molar-refractivity contribution in [1.29, 1.82) is 0 Å². The van der Waals surface area contributed by atoms with Crippen LogP contribution in [0.15, 0.2) is 27.6 Å². The minimum atomic E-state index is -3.81. The van der Waals surface area contributed by atoms with E-state index >= 15 is 0 Å². The standard InChI is InChI=1S/C12H16BrNO5S2/c1-8(5-6-20(2)17)14-21(18,19)9-3-4-11(13)10(7-9)12(15)16/h3-4,7-8,14H,5-6H2,1-2H3,(H,15,16). The van der Waals surface area contributed by atoms with Gasteiger partial charge in [-0.05, 0) is 47.5 Å². The van der Waals surface area contributed by atoms with E-state index in [1.165, 1.54) is 12.1 Å². The SMILES string of the molecule is CC(CCS(C)=O)NS(=O)(=O)c1ccc(Br)c(C(=O)O)c1. The first-order valence-electron chi connectivity index (χ1n) is 5.98. The zero-order valence-electron chi connectivity index (χ0n) is 11.5. The molecule has 118 valence electrons. The lowest BCUT2D eigenvalue weighted by Gasteiger charge is -2.14. The molecule has 6 nitrogen and oxygen atoms in total. The second kappa shape index (κ2) is 7.48. The van der Waals surface area contributed by atoms with Gasteiger partial charge in [0.1, 0.15) is 0 Å². The summed E-state index contributed by atoms with van der Waals surface area (Å²) in [6, 6.07) is 3.41. The Morgan fingerprint density at radius 1 is 1.48 bits per heavy atom. The summed E-state index contributed by atoms with van der Waals surface area (Å²) in [5.41, 5.74) is -0.125. The Labute approximate surface area is 134 Å². The van der Waals surface area contributed by atoms with Crippen LogP contribution in [0, 0.1) is 0 Å². The van der Waals surface area contributed by atoms with E-state index in [0.29, 0.717) is 16.6 Å². The number of nitrogens with one attached hydrogen (secondary N) is 1. The molecule has 0 radical (unpaired) electrons. The maximum absolute atomic E-state index is 12.2. The number of rotatable bonds is 7. The molecule has 2 atom stereocenters. The predicted octanol–water partition coefficient (Wildman–Crippen LogP) is 1.58. The molecule has 2 N–H and O–H groups in total. The third kappa shape index (κ3) is 5.50. The fourth-order valence-corrected chi connectivity index (χ4v) is 3.98. The summed E-state index contributed by atoms with van der Waals surface area (Å²) < 4.78 is 38.1. The van der Waals surface area contributed by atoms with Gasteiger partial charge < -0.3 is 5.11 Å². The lowest BCUT2D eigenvalue weighted by Crippen LogP contribution is -2.33. The first kappa shape index (κ1) is 18.3. The molecule has 0 bridgehead atoms. The number of carboxylic acid groups (broad SMARTS) is 1. The number of aromatic carboxylic acids is 1. The van der Waals surface area contributed by atoms with Gasteiger partial charge in [0.25, 0.3) is 0 Å². The van der Waals surface area contributed by atoms with Gasteiger partial charge in [-0.25, -0.2) is 17.9 Å². The van der Waals surface area contributed by atoms with Crippen molar-refractivity contribution in [3.8, 4) is 0 Å². The maximum atomic E-state index is 12.2. The van der Waals surface area contributed by atoms with Crippen molar-refractivity contribution in [2.24, 2.45) is 0 Å². The van der Waals surface area contributed by atoms with Crippen LogP contribution in [0.5, 0.6) is 0 Å². The van der Waals surface area contributed by atoms with Crippen LogP contribution in [-0.2, 0) is 20.8 Å². The van der Waals surface area contributed by atoms with E-state index < -0.39 is 32.8 Å². The second-order valence-corrected chi connectivity index (χ2v) is 8.66. The smallest absolute Gasteiger partial charge is 0.336 e. The average Bonchev–Trinajstić information content (AvgIpc) is 2.35. The normalized spacial score (nSPS) is 14.6. The van der Waals surface area contributed by atoms with Crippen LogP contribution in [-0.4, -0.2) is 41.8 Å². The summed E-state index contributed by atoms with van der Waals surface area (Å²) >= 11 is 3.06. The molecule has 0 amide bonds. The Hall–Kier alpha value is -0.770. The van der Waals surface area contributed by atoms with Gasteiger partial charge in [0.15, 0.2) is 0 Å². The van der Waals surface area contributed by atoms with Crippen LogP contribution < -0.4 is 4.72 Å². The number of halogens is 1. The van der Waals surface area contributed by atoms with Crippen molar-refractivity contribution in [3.63, 3.8) is 0 Å². The molecule has 9 heteroatoms. The third-order valence-electron chi connectivity index (χ3n) is 2.67. The molecular formula is C12H16BrNO5S2. The minimum absolute atomic E-state index is 0.118. The summed E-state index contributed by atoms with van der Waals surface area (Å²) in [7, 11) is -4.80. The van der Waals surface area contributed by atoms with Crippen molar-refractivity contribution >= 4 is 42.7 Å². The monoisotopic (exact) mass is 397 g/mol. The molecule has 0 fully saturated rings. The quantitative estimate of drug-likeness (QED) is 0.727. The van der Waals surface area contributed by atoms with Gasteiger partial charge in [0.2, 0.25) is 10.0 Å². The Morgan fingerprint density at radius 2 is 2.10 bits per heavy atom. The molecule has 1 aromatic carbocycles. The van der Waals surface area contributed by atoms with Crippen molar-refractivity contribution < 1.29 is 22.5 Å². The summed E-state index contributed by atoms with van der Waals surface area (Å²) in [5, 5.41) is 9.00. The molecule has 21 heavy (non-hydrogen) atoms. The highest BCUT2D eigenvalue weighted by atomic mass is 79.9. The molecule has 0 saturated heterocycles. The van der Waals surface area contributed by atoms with Crippen LogP contribution in [0.1, 0.15) is 23.7 Å². The molecule has 0 aliphatic carbocycles. The van der Waals surface area contributed by atoms with Crippen LogP contribution in [0.25, 0.3) is 0 Å². The van der Waals surface area contributed by atoms with E-state index in [1.54, 1.807) is 13.2 Å². The van der Waals surface area contributed by atoms with Gasteiger partial charge in [0, 0.05) is 33.3 Å². The molecule has 1 aromatic rings. The Morgan fingerprint density at radius 3 is 2.62 bits per heavy atom. The predicted molar refractivity (Wildman–Crippen MR) is 84.4 cm³/mol. The van der Waals surface area contributed by atoms with Crippen LogP contribution in [0.4, 0.5) is 0 Å². The van der Waals surface area contributed by atoms with Crippen LogP contribution >= 0.6 is 15.9 Å². The highest BCUT2D eigenvalue weighted by Gasteiger charge is 2.20. The topological polar surface area (TPSA) is 101 Å². The Bertz CT molecular complexity index is 660. The molecule has 0 aromatic heterocycles. The molecule has 2 unspecified atom stereocenters. The minimum Gasteiger partial charge on any atom is -0.478 e. The largest absolute Gasteiger partial charge is 0.478 e. The fraction of sp³-hybridized carbons (Fsp3) is 0.417. The Kier molecular flexibility index (Phi) is 6.51. The zero-order valence-corrected chi connectivity index (χ0v) is 14.7. The molecule has 1 rings (SSSR count). The molecule has 0 aliphatic heterocycles. The van der Waals surface area contributed by atoms with Gasteiger partial charge >= 0.3 is 5.97 Å². The van der Waals surface area contributed by atoms with E-state index in [2.05, 4.69) is 20.7 Å². The number of benzene rings is 1. The van der Waals surface area contributed by atoms with E-state index in [-0.39, 0.29) is 10.5 Å². The van der Waals surface area contributed by atoms with E-state index in [9.17, 15) is 17.4 Å². The third-order valence-corrected chi connectivity index (χ3v) is 5.76. The maximum Gasteiger partial charge on any atom is 0.336 e. The van der Waals surface area contributed by atoms with Gasteiger partial charge in [-0.2, -0.15) is 0 Å². The molecule has 0 saturated carbocycles. The first-order valence-corrected chi connectivity index (χ1v) is 9.99. The zero-order chi connectivity index (χ0) is 16.2. The van der Waals surface area contributed by atoms with Gasteiger partial charge in [-0.3, -0.25) is 4.21 Å². The van der Waals surface area contributed by atoms with Crippen molar-refractivity contribution in [2.75, 3.05) is 12.0 Å². The molecule has 0 spiro atoms. The summed E-state index contributed by atoms with van der Waals surface area (Å²) in [6.45, 7) is 1.67. The average molecular weight is 398 g/mol. The van der Waals surface area contributed by atoms with E-state index in [4.69, 9.17) is 5.11 Å². The summed E-state index contributed by atoms with van der Waals surface area (Å²) in [5.74, 6) is -0.821. The van der Waals surface area contributed by atoms with Crippen LogP contribution in [0.2, 0.25) is 0 Å². The van der Waals surface area contributed by atoms with Gasteiger partial charge in [-0.1, -0.05) is 0 Å². The van der Waals surface area contributed by atoms with E-state index in [1.807, 2.05) is 0 Å². The molecular weight excluding hydrogens is 382 g/mol. The number of hydrogen-bond donors (Lipinski definition) is 2. The summed E-state index contributed by atoms with van der Waals surface area (Å²) in [4.78, 5) is 10.9. The first-order chi connectivity index (χ1) is 9.63. The summed E-state index contributed by atoms with van der Waals surface area (Å²) in [6.07, 6.45) is 1.99. The van der Waals surface area contributed by atoms with E-state index in [0.717, 1.165) is 6.07 Å². The lowest BCUT2D eigenvalue weighted by molar-refractivity contribution is 0.0695. The van der Waals surface area contributed by atoms with Gasteiger partial charge in [-0.15, -0.1) is 0 Å². The fourth-order valence-electron chi connectivity index (χ4n) is 1.57. The number of hydrogen-bond acceptors (Lipinski definition) is 4. The van der Waals surface area contributed by atoms with Crippen LogP contribution in [0.3, 0.4) is 0 Å². The highest BCUT2D eigenvalue weighted by molar-refractivity contribution is 9.10. The lowest BCUT2D eigenvalue weighted by atomic mass is 10.2. The van der Waals surface area contributed by atoms with Crippen molar-refractivity contribution in [2.45, 2.75) is 24.3 Å². The number of carboxylic acids is 1. The Balaban J connectivity index is 2.95. The highest BCUT2D eigenvalue weighted by Crippen LogP contribution is 2.21. The molecule has 0 heterocycles. The second-order valence-electron chi connectivity index (χ2n) is 4.54. The number of sulfonamides is 1. The molecule has 0 aliphatic rings. The van der Waals surface area contributed by atoms with Crippen molar-refractivity contribution in [1.82, 2.24) is 4.72 Å². The van der Waals surface area contributed by atoms with Gasteiger partial charge in [0.05, 0.1) is 10.5 Å². The van der Waals surface area contributed by atoms with Crippen molar-refractivity contribution in [3.05, 3.63) is 28.2 Å². The number of carbonyl (C=O) groups is 1.